The van der Waals surface area contributed by atoms with Gasteiger partial charge in [-0.2, -0.15) is 0 Å². The van der Waals surface area contributed by atoms with Crippen molar-refractivity contribution in [1.82, 2.24) is 24.0 Å². The third-order valence-corrected chi connectivity index (χ3v) is 6.14. The maximum atomic E-state index is 13.1. The standard InChI is InChI=1S/C21H17Cl2N5O2/c1-12-9-27(11-25-12)18-2-3-19-20(29)26(4-5-28(19)21(18)30)10-13-8-24-17-7-16(23)15(22)6-14(13)17/h2-3,6-9,11,24H,4-5,10H2,1H3. The molecular weight excluding hydrogens is 425 g/mol. The molecule has 0 saturated carbocycles. The number of carbonyl (C=O) groups is 1. The number of H-pyrrole nitrogens is 1. The molecule has 7 nitrogen and oxygen atoms in total. The number of carbonyl (C=O) groups excluding carboxylic acids is 1. The van der Waals surface area contributed by atoms with Crippen molar-refractivity contribution < 1.29 is 4.79 Å². The van der Waals surface area contributed by atoms with Gasteiger partial charge in [-0.15, -0.1) is 0 Å². The van der Waals surface area contributed by atoms with E-state index < -0.39 is 0 Å². The Bertz CT molecular complexity index is 1370. The van der Waals surface area contributed by atoms with Crippen molar-refractivity contribution in [3.05, 3.63) is 80.3 Å². The van der Waals surface area contributed by atoms with Crippen LogP contribution in [0.15, 0.2) is 47.8 Å². The zero-order valence-electron chi connectivity index (χ0n) is 16.0. The number of pyridine rings is 1. The minimum Gasteiger partial charge on any atom is -0.361 e. The quantitative estimate of drug-likeness (QED) is 0.525. The number of nitrogens with one attached hydrogen (secondary N) is 1. The molecule has 0 spiro atoms. The van der Waals surface area contributed by atoms with Crippen molar-refractivity contribution >= 4 is 40.0 Å². The molecule has 0 unspecified atom stereocenters. The van der Waals surface area contributed by atoms with Gasteiger partial charge in [0.25, 0.3) is 11.5 Å². The lowest BCUT2D eigenvalue weighted by atomic mass is 10.1. The summed E-state index contributed by atoms with van der Waals surface area (Å²) in [5.74, 6) is -0.180. The molecule has 1 amide bonds. The van der Waals surface area contributed by atoms with Crippen LogP contribution < -0.4 is 5.56 Å². The number of aromatic nitrogens is 4. The summed E-state index contributed by atoms with van der Waals surface area (Å²) in [5.41, 5.74) is 3.28. The van der Waals surface area contributed by atoms with Crippen molar-refractivity contribution in [2.75, 3.05) is 6.54 Å². The molecule has 0 atom stereocenters. The van der Waals surface area contributed by atoms with Crippen molar-refractivity contribution in [2.45, 2.75) is 20.0 Å². The Morgan fingerprint density at radius 1 is 1.13 bits per heavy atom. The molecular formula is C21H17Cl2N5O2. The van der Waals surface area contributed by atoms with E-state index in [0.717, 1.165) is 22.2 Å². The van der Waals surface area contributed by atoms with Gasteiger partial charge in [-0.05, 0) is 36.8 Å². The van der Waals surface area contributed by atoms with Gasteiger partial charge in [0.2, 0.25) is 0 Å². The van der Waals surface area contributed by atoms with Crippen molar-refractivity contribution in [3.63, 3.8) is 0 Å². The van der Waals surface area contributed by atoms with Gasteiger partial charge in [-0.3, -0.25) is 9.59 Å². The van der Waals surface area contributed by atoms with Crippen LogP contribution in [0.5, 0.6) is 0 Å². The smallest absolute Gasteiger partial charge is 0.275 e. The molecule has 0 radical (unpaired) electrons. The van der Waals surface area contributed by atoms with Crippen LogP contribution in [0, 0.1) is 6.92 Å². The van der Waals surface area contributed by atoms with Crippen LogP contribution in [0.2, 0.25) is 10.0 Å². The number of hydrogen-bond donors (Lipinski definition) is 1. The van der Waals surface area contributed by atoms with Crippen molar-refractivity contribution in [3.8, 4) is 5.69 Å². The number of aromatic amines is 1. The normalized spacial score (nSPS) is 13.8. The summed E-state index contributed by atoms with van der Waals surface area (Å²) in [6.45, 7) is 3.13. The Hall–Kier alpha value is -3.03. The van der Waals surface area contributed by atoms with Gasteiger partial charge in [-0.1, -0.05) is 23.2 Å². The first-order valence-corrected chi connectivity index (χ1v) is 10.2. The monoisotopic (exact) mass is 441 g/mol. The van der Waals surface area contributed by atoms with Crippen LogP contribution in [0.3, 0.4) is 0 Å². The van der Waals surface area contributed by atoms with E-state index >= 15 is 0 Å². The number of halogens is 2. The number of imidazole rings is 1. The van der Waals surface area contributed by atoms with Crippen LogP contribution in [0.25, 0.3) is 16.6 Å². The Labute approximate surface area is 181 Å². The number of rotatable bonds is 3. The predicted molar refractivity (Wildman–Crippen MR) is 116 cm³/mol. The molecule has 0 fully saturated rings. The number of amides is 1. The summed E-state index contributed by atoms with van der Waals surface area (Å²) in [6.07, 6.45) is 5.25. The van der Waals surface area contributed by atoms with Gasteiger partial charge in [-0.25, -0.2) is 4.98 Å². The fourth-order valence-corrected chi connectivity index (χ4v) is 4.20. The zero-order valence-corrected chi connectivity index (χ0v) is 17.5. The van der Waals surface area contributed by atoms with E-state index in [-0.39, 0.29) is 11.5 Å². The third-order valence-electron chi connectivity index (χ3n) is 5.41. The van der Waals surface area contributed by atoms with Crippen LogP contribution >= 0.6 is 23.2 Å². The Morgan fingerprint density at radius 2 is 1.93 bits per heavy atom. The first-order valence-electron chi connectivity index (χ1n) is 9.41. The van der Waals surface area contributed by atoms with Crippen LogP contribution in [-0.2, 0) is 13.1 Å². The van der Waals surface area contributed by atoms with Crippen molar-refractivity contribution in [1.29, 1.82) is 0 Å². The molecule has 0 saturated heterocycles. The second-order valence-electron chi connectivity index (χ2n) is 7.34. The fraction of sp³-hybridized carbons (Fsp3) is 0.190. The highest BCUT2D eigenvalue weighted by molar-refractivity contribution is 6.42. The first-order chi connectivity index (χ1) is 14.4. The number of fused-ring (bicyclic) bond motifs is 2. The van der Waals surface area contributed by atoms with Gasteiger partial charge in [0.1, 0.15) is 11.4 Å². The van der Waals surface area contributed by atoms with Crippen LogP contribution in [0.4, 0.5) is 0 Å². The van der Waals surface area contributed by atoms with E-state index in [1.165, 1.54) is 4.57 Å². The summed E-state index contributed by atoms with van der Waals surface area (Å²) < 4.78 is 3.22. The molecule has 4 aromatic rings. The Morgan fingerprint density at radius 3 is 2.70 bits per heavy atom. The zero-order chi connectivity index (χ0) is 21.0. The molecule has 0 bridgehead atoms. The molecule has 1 aromatic carbocycles. The lowest BCUT2D eigenvalue weighted by Gasteiger charge is -2.29. The summed E-state index contributed by atoms with van der Waals surface area (Å²) in [7, 11) is 0. The highest BCUT2D eigenvalue weighted by Crippen LogP contribution is 2.30. The highest BCUT2D eigenvalue weighted by atomic mass is 35.5. The summed E-state index contributed by atoms with van der Waals surface area (Å²) >= 11 is 12.3. The summed E-state index contributed by atoms with van der Waals surface area (Å²) in [4.78, 5) is 35.1. The Kier molecular flexibility index (Phi) is 4.45. The molecule has 30 heavy (non-hydrogen) atoms. The number of nitrogens with zero attached hydrogens (tertiary/aromatic N) is 4. The van der Waals surface area contributed by atoms with E-state index in [9.17, 15) is 9.59 Å². The fourth-order valence-electron chi connectivity index (χ4n) is 3.87. The minimum absolute atomic E-state index is 0.180. The molecule has 5 rings (SSSR count). The summed E-state index contributed by atoms with van der Waals surface area (Å²) in [5, 5.41) is 1.86. The molecule has 1 aliphatic rings. The van der Waals surface area contributed by atoms with E-state index in [1.54, 1.807) is 46.3 Å². The summed E-state index contributed by atoms with van der Waals surface area (Å²) in [6, 6.07) is 6.95. The van der Waals surface area contributed by atoms with Gasteiger partial charge < -0.3 is 19.0 Å². The van der Waals surface area contributed by atoms with E-state index in [4.69, 9.17) is 23.2 Å². The molecule has 1 N–H and O–H groups in total. The van der Waals surface area contributed by atoms with Gasteiger partial charge in [0.05, 0.1) is 22.1 Å². The van der Waals surface area contributed by atoms with Crippen LogP contribution in [0.1, 0.15) is 21.7 Å². The second-order valence-corrected chi connectivity index (χ2v) is 8.15. The molecule has 152 valence electrons. The second kappa shape index (κ2) is 7.04. The average molecular weight is 442 g/mol. The molecule has 0 aliphatic carbocycles. The minimum atomic E-state index is -0.202. The highest BCUT2D eigenvalue weighted by Gasteiger charge is 2.27. The average Bonchev–Trinajstić information content (AvgIpc) is 3.31. The maximum absolute atomic E-state index is 13.1. The number of aryl methyl sites for hydroxylation is 1. The lowest BCUT2D eigenvalue weighted by molar-refractivity contribution is 0.0687. The molecule has 9 heteroatoms. The topological polar surface area (TPSA) is 75.9 Å². The third kappa shape index (κ3) is 3.02. The predicted octanol–water partition coefficient (Wildman–Crippen LogP) is 3.79. The number of hydrogen-bond acceptors (Lipinski definition) is 3. The first kappa shape index (κ1) is 19.0. The van der Waals surface area contributed by atoms with Crippen molar-refractivity contribution in [2.24, 2.45) is 0 Å². The number of benzene rings is 1. The molecule has 1 aliphatic heterocycles. The van der Waals surface area contributed by atoms with E-state index in [0.29, 0.717) is 41.1 Å². The SMILES string of the molecule is Cc1cn(-c2ccc3n(c2=O)CCN(Cc2c[nH]c4cc(Cl)c(Cl)cc24)C3=O)cn1. The van der Waals surface area contributed by atoms with Gasteiger partial charge >= 0.3 is 0 Å². The maximum Gasteiger partial charge on any atom is 0.275 e. The van der Waals surface area contributed by atoms with Gasteiger partial charge in [0.15, 0.2) is 0 Å². The van der Waals surface area contributed by atoms with E-state index in [1.807, 2.05) is 13.1 Å². The largest absolute Gasteiger partial charge is 0.361 e. The van der Waals surface area contributed by atoms with Crippen LogP contribution in [-0.4, -0.2) is 36.5 Å². The Balaban J connectivity index is 1.47. The lowest BCUT2D eigenvalue weighted by Crippen LogP contribution is -2.44. The molecule has 3 aromatic heterocycles. The molecule has 4 heterocycles. The van der Waals surface area contributed by atoms with Gasteiger partial charge in [0, 0.05) is 42.9 Å². The van der Waals surface area contributed by atoms with E-state index in [2.05, 4.69) is 9.97 Å².